The van der Waals surface area contributed by atoms with E-state index in [0.717, 1.165) is 5.56 Å². The number of carbonyl (C=O) groups is 1. The van der Waals surface area contributed by atoms with Gasteiger partial charge in [0.05, 0.1) is 5.56 Å². The molecule has 29 heavy (non-hydrogen) atoms. The maximum atomic E-state index is 12.2. The van der Waals surface area contributed by atoms with E-state index in [1.807, 2.05) is 0 Å². The zero-order chi connectivity index (χ0) is 20.0. The number of phenolic OH excluding ortho intramolecular Hbond substituents is 1. The second kappa shape index (κ2) is 10.6. The third-order valence-corrected chi connectivity index (χ3v) is 4.82. The molecule has 3 rings (SSSR count). The summed E-state index contributed by atoms with van der Waals surface area (Å²) in [6.07, 6.45) is 0.665. The molecule has 0 aliphatic rings. The average molecular weight is 420 g/mol. The standard InChI is InChI=1S/C21H19O6P.Na/c22-20-9-5-4-8-19(20)21(23)15-12-16-10-13-18(14-11-16)27-28(24,25)26-17-6-2-1-3-7-17;/h1-11,13-14,22H,12,15H2,(H,24,25);/q;+1/p-1. The topological polar surface area (TPSA) is 95.9 Å². The molecule has 1 atom stereocenters. The van der Waals surface area contributed by atoms with E-state index in [2.05, 4.69) is 0 Å². The minimum absolute atomic E-state index is 0. The van der Waals surface area contributed by atoms with Crippen LogP contribution in [0.1, 0.15) is 22.3 Å². The van der Waals surface area contributed by atoms with E-state index in [1.54, 1.807) is 48.5 Å². The van der Waals surface area contributed by atoms with Gasteiger partial charge in [-0.2, -0.15) is 0 Å². The molecule has 8 heteroatoms. The van der Waals surface area contributed by atoms with Crippen LogP contribution in [0.2, 0.25) is 0 Å². The van der Waals surface area contributed by atoms with Crippen LogP contribution in [0.25, 0.3) is 0 Å². The minimum atomic E-state index is -4.56. The fraction of sp³-hybridized carbons (Fsp3) is 0.0952. The Balaban J connectivity index is 0.00000300. The van der Waals surface area contributed by atoms with Crippen molar-refractivity contribution in [2.75, 3.05) is 0 Å². The number of benzene rings is 3. The van der Waals surface area contributed by atoms with Gasteiger partial charge in [-0.15, -0.1) is 0 Å². The Morgan fingerprint density at radius 1 is 0.862 bits per heavy atom. The summed E-state index contributed by atoms with van der Waals surface area (Å²) < 4.78 is 21.8. The third-order valence-electron chi connectivity index (χ3n) is 3.95. The molecular formula is C21H18NaO6P. The molecule has 0 amide bonds. The first-order chi connectivity index (χ1) is 13.4. The number of aryl methyl sites for hydroxylation is 1. The largest absolute Gasteiger partial charge is 1.00 e. The predicted molar refractivity (Wildman–Crippen MR) is 103 cm³/mol. The van der Waals surface area contributed by atoms with Gasteiger partial charge in [0, 0.05) is 6.42 Å². The van der Waals surface area contributed by atoms with Crippen LogP contribution in [0.4, 0.5) is 0 Å². The number of carbonyl (C=O) groups excluding carboxylic acids is 1. The van der Waals surface area contributed by atoms with Crippen LogP contribution >= 0.6 is 7.82 Å². The first kappa shape index (κ1) is 23.2. The molecule has 0 saturated heterocycles. The fourth-order valence-corrected chi connectivity index (χ4v) is 3.37. The molecule has 6 nitrogen and oxygen atoms in total. The van der Waals surface area contributed by atoms with Gasteiger partial charge >= 0.3 is 37.4 Å². The number of hydrogen-bond donors (Lipinski definition) is 1. The maximum Gasteiger partial charge on any atom is 1.00 e. The Kier molecular flexibility index (Phi) is 8.50. The van der Waals surface area contributed by atoms with Gasteiger partial charge in [0.15, 0.2) is 5.78 Å². The van der Waals surface area contributed by atoms with Crippen LogP contribution in [0.15, 0.2) is 78.9 Å². The smallest absolute Gasteiger partial charge is 0.736 e. The number of hydrogen-bond acceptors (Lipinski definition) is 6. The molecule has 0 aliphatic carbocycles. The first-order valence-electron chi connectivity index (χ1n) is 8.58. The summed E-state index contributed by atoms with van der Waals surface area (Å²) in [5.41, 5.74) is 1.12. The molecule has 0 fully saturated rings. The Labute approximate surface area is 191 Å². The molecule has 0 radical (unpaired) electrons. The number of phenols is 1. The van der Waals surface area contributed by atoms with Gasteiger partial charge in [-0.05, 0) is 48.4 Å². The van der Waals surface area contributed by atoms with Crippen molar-refractivity contribution in [1.29, 1.82) is 0 Å². The second-order valence-corrected chi connectivity index (χ2v) is 7.29. The summed E-state index contributed by atoms with van der Waals surface area (Å²) in [4.78, 5) is 24.2. The summed E-state index contributed by atoms with van der Waals surface area (Å²) in [5.74, 6) is 0.0739. The van der Waals surface area contributed by atoms with E-state index in [9.17, 15) is 19.4 Å². The van der Waals surface area contributed by atoms with Crippen molar-refractivity contribution in [2.24, 2.45) is 0 Å². The monoisotopic (exact) mass is 420 g/mol. The van der Waals surface area contributed by atoms with Crippen molar-refractivity contribution in [3.05, 3.63) is 90.0 Å². The van der Waals surface area contributed by atoms with E-state index in [1.165, 1.54) is 30.3 Å². The van der Waals surface area contributed by atoms with Gasteiger partial charge in [-0.25, -0.2) is 4.57 Å². The maximum absolute atomic E-state index is 12.2. The number of Topliss-reactive ketones (excluding diaryl/α,β-unsaturated/α-hetero) is 1. The zero-order valence-electron chi connectivity index (χ0n) is 15.9. The molecule has 0 aromatic heterocycles. The molecule has 1 unspecified atom stereocenters. The van der Waals surface area contributed by atoms with Gasteiger partial charge in [-0.3, -0.25) is 4.79 Å². The summed E-state index contributed by atoms with van der Waals surface area (Å²) in [6.45, 7) is 0. The van der Waals surface area contributed by atoms with Crippen molar-refractivity contribution in [3.63, 3.8) is 0 Å². The molecule has 3 aromatic carbocycles. The van der Waals surface area contributed by atoms with Gasteiger partial charge in [0.2, 0.25) is 0 Å². The summed E-state index contributed by atoms with van der Waals surface area (Å²) in [7, 11) is -4.56. The summed E-state index contributed by atoms with van der Waals surface area (Å²) in [6, 6.07) is 20.8. The first-order valence-corrected chi connectivity index (χ1v) is 10.0. The van der Waals surface area contributed by atoms with E-state index in [-0.39, 0.29) is 64.6 Å². The van der Waals surface area contributed by atoms with E-state index in [4.69, 9.17) is 9.05 Å². The molecule has 3 aromatic rings. The SMILES string of the molecule is O=C(CCc1ccc(OP(=O)([O-])Oc2ccccc2)cc1)c1ccccc1O.[Na+]. The molecular weight excluding hydrogens is 402 g/mol. The Morgan fingerprint density at radius 3 is 2.03 bits per heavy atom. The Hall–Kier alpha value is -2.08. The van der Waals surface area contributed by atoms with Crippen LogP contribution < -0.4 is 43.5 Å². The van der Waals surface area contributed by atoms with Gasteiger partial charge in [-0.1, -0.05) is 42.5 Å². The normalized spacial score (nSPS) is 12.3. The Bertz CT molecular complexity index is 992. The number of phosphoric acid groups is 1. The number of phosphoric ester groups is 1. The second-order valence-electron chi connectivity index (χ2n) is 6.03. The molecule has 144 valence electrons. The van der Waals surface area contributed by atoms with E-state index in [0.29, 0.717) is 6.42 Å². The summed E-state index contributed by atoms with van der Waals surface area (Å²) >= 11 is 0. The van der Waals surface area contributed by atoms with Crippen LogP contribution in [0, 0.1) is 0 Å². The molecule has 0 spiro atoms. The van der Waals surface area contributed by atoms with E-state index >= 15 is 0 Å². The van der Waals surface area contributed by atoms with Crippen LogP contribution in [0.5, 0.6) is 17.2 Å². The average Bonchev–Trinajstić information content (AvgIpc) is 2.67. The van der Waals surface area contributed by atoms with Crippen molar-refractivity contribution >= 4 is 13.6 Å². The fourth-order valence-electron chi connectivity index (χ4n) is 2.58. The number of para-hydroxylation sites is 2. The van der Waals surface area contributed by atoms with Crippen LogP contribution in [-0.2, 0) is 11.0 Å². The Morgan fingerprint density at radius 2 is 1.41 bits per heavy atom. The molecule has 0 saturated carbocycles. The van der Waals surface area contributed by atoms with Gasteiger partial charge in [0.1, 0.15) is 17.2 Å². The molecule has 0 heterocycles. The van der Waals surface area contributed by atoms with Gasteiger partial charge in [0.25, 0.3) is 0 Å². The van der Waals surface area contributed by atoms with Crippen molar-refractivity contribution < 1.29 is 58.0 Å². The predicted octanol–water partition coefficient (Wildman–Crippen LogP) is 1.14. The quantitative estimate of drug-likeness (QED) is 0.334. The molecule has 0 aliphatic heterocycles. The van der Waals surface area contributed by atoms with Crippen LogP contribution in [0.3, 0.4) is 0 Å². The van der Waals surface area contributed by atoms with Crippen molar-refractivity contribution in [1.82, 2.24) is 0 Å². The minimum Gasteiger partial charge on any atom is -0.736 e. The zero-order valence-corrected chi connectivity index (χ0v) is 18.7. The van der Waals surface area contributed by atoms with Crippen LogP contribution in [-0.4, -0.2) is 10.9 Å². The number of aromatic hydroxyl groups is 1. The third kappa shape index (κ3) is 7.03. The molecule has 1 N–H and O–H groups in total. The molecule has 0 bridgehead atoms. The van der Waals surface area contributed by atoms with Gasteiger partial charge < -0.3 is 19.0 Å². The van der Waals surface area contributed by atoms with E-state index < -0.39 is 7.82 Å². The van der Waals surface area contributed by atoms with Crippen molar-refractivity contribution in [2.45, 2.75) is 12.8 Å². The number of ketones is 1. The number of rotatable bonds is 8. The summed E-state index contributed by atoms with van der Waals surface area (Å²) in [5, 5.41) is 9.72. The van der Waals surface area contributed by atoms with Crippen molar-refractivity contribution in [3.8, 4) is 17.2 Å².